The first-order valence-corrected chi connectivity index (χ1v) is 15.8. The average molecular weight is 619 g/mol. The van der Waals surface area contributed by atoms with E-state index in [4.69, 9.17) is 9.47 Å². The van der Waals surface area contributed by atoms with Gasteiger partial charge in [-0.05, 0) is 114 Å². The molecule has 5 rings (SSSR count). The first kappa shape index (κ1) is 32.3. The van der Waals surface area contributed by atoms with Gasteiger partial charge < -0.3 is 20.1 Å². The normalized spacial score (nSPS) is 20.4. The molecular formula is C35H46N4O6. The summed E-state index contributed by atoms with van der Waals surface area (Å²) >= 11 is 0. The van der Waals surface area contributed by atoms with E-state index in [1.54, 1.807) is 0 Å². The van der Waals surface area contributed by atoms with Crippen LogP contribution in [0.2, 0.25) is 0 Å². The first-order valence-electron chi connectivity index (χ1n) is 15.8. The minimum Gasteiger partial charge on any atom is -0.444 e. The quantitative estimate of drug-likeness (QED) is 0.395. The number of hydrogen-bond acceptors (Lipinski definition) is 6. The highest BCUT2D eigenvalue weighted by molar-refractivity contribution is 5.99. The molecule has 2 atom stereocenters. The number of carbonyl (C=O) groups excluding carboxylic acids is 4. The van der Waals surface area contributed by atoms with Gasteiger partial charge in [-0.2, -0.15) is 0 Å². The van der Waals surface area contributed by atoms with Gasteiger partial charge in [0.15, 0.2) is 0 Å². The van der Waals surface area contributed by atoms with E-state index in [2.05, 4.69) is 24.5 Å². The molecule has 0 saturated carbocycles. The van der Waals surface area contributed by atoms with Gasteiger partial charge >= 0.3 is 12.2 Å². The van der Waals surface area contributed by atoms with E-state index in [0.717, 1.165) is 35.1 Å². The predicted molar refractivity (Wildman–Crippen MR) is 173 cm³/mol. The summed E-state index contributed by atoms with van der Waals surface area (Å²) in [6, 6.07) is 10.6. The van der Waals surface area contributed by atoms with Gasteiger partial charge in [0.2, 0.25) is 11.8 Å². The molecule has 2 fully saturated rings. The number of nitrogens with one attached hydrogen (secondary N) is 2. The molecule has 0 bridgehead atoms. The largest absolute Gasteiger partial charge is 0.444 e. The molecule has 1 aliphatic carbocycles. The van der Waals surface area contributed by atoms with Crippen LogP contribution in [-0.4, -0.2) is 70.2 Å². The predicted octanol–water partition coefficient (Wildman–Crippen LogP) is 6.67. The molecule has 242 valence electrons. The number of anilines is 2. The van der Waals surface area contributed by atoms with Crippen LogP contribution < -0.4 is 10.6 Å². The van der Waals surface area contributed by atoms with E-state index in [1.165, 1.54) is 9.80 Å². The molecule has 2 N–H and O–H groups in total. The van der Waals surface area contributed by atoms with Gasteiger partial charge in [0, 0.05) is 29.9 Å². The van der Waals surface area contributed by atoms with Crippen LogP contribution >= 0.6 is 0 Å². The molecule has 45 heavy (non-hydrogen) atoms. The fourth-order valence-corrected chi connectivity index (χ4v) is 6.50. The monoisotopic (exact) mass is 618 g/mol. The van der Waals surface area contributed by atoms with Crippen molar-refractivity contribution in [1.82, 2.24) is 9.80 Å². The Balaban J connectivity index is 1.29. The van der Waals surface area contributed by atoms with Crippen molar-refractivity contribution in [2.75, 3.05) is 23.7 Å². The van der Waals surface area contributed by atoms with Crippen molar-refractivity contribution in [2.45, 2.75) is 110 Å². The Hall–Kier alpha value is -4.08. The highest BCUT2D eigenvalue weighted by Gasteiger charge is 2.40. The third-order valence-electron chi connectivity index (χ3n) is 8.58. The van der Waals surface area contributed by atoms with E-state index < -0.39 is 40.9 Å². The van der Waals surface area contributed by atoms with Crippen molar-refractivity contribution < 1.29 is 28.7 Å². The Morgan fingerprint density at radius 3 is 1.42 bits per heavy atom. The minimum atomic E-state index is -0.638. The zero-order valence-corrected chi connectivity index (χ0v) is 27.7. The molecule has 0 aromatic heterocycles. The number of nitrogens with zero attached hydrogens (tertiary/aromatic N) is 2. The van der Waals surface area contributed by atoms with E-state index in [0.29, 0.717) is 37.3 Å². The van der Waals surface area contributed by atoms with Gasteiger partial charge in [-0.25, -0.2) is 9.59 Å². The molecule has 2 saturated heterocycles. The Morgan fingerprint density at radius 2 is 1.07 bits per heavy atom. The van der Waals surface area contributed by atoms with Gasteiger partial charge in [0.05, 0.1) is 0 Å². The standard InChI is InChI=1S/C35H46N4O6/c1-33(2,3)44-31(42)38-17-9-11-27(38)29(40)36-21-13-15-23-24-16-14-22(20-26(24)35(7,8)25(23)19-21)37-30(41)28-12-10-18-39(28)32(43)45-34(4,5)6/h13-16,19-20,27-28H,9-12,17-18H2,1-8H3,(H,36,40)(H,37,41)/t27-,28-/m0/s1. The molecule has 3 aliphatic rings. The van der Waals surface area contributed by atoms with E-state index >= 15 is 0 Å². The smallest absolute Gasteiger partial charge is 0.410 e. The molecule has 2 aromatic carbocycles. The van der Waals surface area contributed by atoms with E-state index in [9.17, 15) is 19.2 Å². The number of hydrogen-bond donors (Lipinski definition) is 2. The van der Waals surface area contributed by atoms with Crippen LogP contribution in [0.1, 0.15) is 92.2 Å². The van der Waals surface area contributed by atoms with Crippen LogP contribution in [0.15, 0.2) is 36.4 Å². The fraction of sp³-hybridized carbons (Fsp3) is 0.543. The zero-order chi connectivity index (χ0) is 32.9. The van der Waals surface area contributed by atoms with Crippen LogP contribution in [0, 0.1) is 0 Å². The zero-order valence-electron chi connectivity index (χ0n) is 27.7. The number of rotatable bonds is 4. The third-order valence-corrected chi connectivity index (χ3v) is 8.58. The molecule has 10 heteroatoms. The molecule has 2 aliphatic heterocycles. The summed E-state index contributed by atoms with van der Waals surface area (Å²) in [6.07, 6.45) is 1.69. The van der Waals surface area contributed by atoms with Crippen LogP contribution in [0.4, 0.5) is 21.0 Å². The van der Waals surface area contributed by atoms with Crippen molar-refractivity contribution in [3.63, 3.8) is 0 Å². The topological polar surface area (TPSA) is 117 Å². The summed E-state index contributed by atoms with van der Waals surface area (Å²) in [4.78, 5) is 55.2. The average Bonchev–Trinajstić information content (AvgIpc) is 3.65. The molecule has 0 unspecified atom stereocenters. The number of carbonyl (C=O) groups is 4. The minimum absolute atomic E-state index is 0.232. The Kier molecular flexibility index (Phi) is 8.40. The molecule has 2 heterocycles. The van der Waals surface area contributed by atoms with Crippen molar-refractivity contribution >= 4 is 35.4 Å². The second-order valence-corrected chi connectivity index (χ2v) is 14.8. The van der Waals surface area contributed by atoms with Crippen molar-refractivity contribution in [3.8, 4) is 11.1 Å². The Labute approximate surface area is 265 Å². The van der Waals surface area contributed by atoms with Gasteiger partial charge in [-0.3, -0.25) is 19.4 Å². The Morgan fingerprint density at radius 1 is 0.689 bits per heavy atom. The summed E-state index contributed by atoms with van der Waals surface area (Å²) < 4.78 is 11.1. The SMILES string of the molecule is CC(C)(C)OC(=O)N1CCC[C@H]1C(=O)Nc1ccc2c(c1)C(C)(C)c1cc(NC(=O)[C@@H]3CCCN3C(=O)OC(C)(C)C)ccc1-2. The number of ether oxygens (including phenoxy) is 2. The molecular weight excluding hydrogens is 572 g/mol. The maximum atomic E-state index is 13.3. The fourth-order valence-electron chi connectivity index (χ4n) is 6.50. The summed E-state index contributed by atoms with van der Waals surface area (Å²) in [5.74, 6) is -0.465. The number of fused-ring (bicyclic) bond motifs is 3. The first-order chi connectivity index (χ1) is 20.9. The molecule has 4 amide bonds. The lowest BCUT2D eigenvalue weighted by molar-refractivity contribution is -0.121. The van der Waals surface area contributed by atoms with Crippen LogP contribution in [0.3, 0.4) is 0 Å². The maximum Gasteiger partial charge on any atom is 0.410 e. The molecule has 2 aromatic rings. The van der Waals surface area contributed by atoms with Crippen molar-refractivity contribution in [1.29, 1.82) is 0 Å². The van der Waals surface area contributed by atoms with Crippen LogP contribution in [-0.2, 0) is 24.5 Å². The number of likely N-dealkylation sites (tertiary alicyclic amines) is 2. The number of amides is 4. The highest BCUT2D eigenvalue weighted by Crippen LogP contribution is 2.50. The second-order valence-electron chi connectivity index (χ2n) is 14.8. The maximum absolute atomic E-state index is 13.3. The van der Waals surface area contributed by atoms with E-state index in [1.807, 2.05) is 77.9 Å². The van der Waals surface area contributed by atoms with Crippen LogP contribution in [0.25, 0.3) is 11.1 Å². The molecule has 0 spiro atoms. The lowest BCUT2D eigenvalue weighted by Crippen LogP contribution is -2.45. The summed E-state index contributed by atoms with van der Waals surface area (Å²) in [5, 5.41) is 6.07. The van der Waals surface area contributed by atoms with Crippen molar-refractivity contribution in [2.24, 2.45) is 0 Å². The van der Waals surface area contributed by atoms with Crippen molar-refractivity contribution in [3.05, 3.63) is 47.5 Å². The number of benzene rings is 2. The third kappa shape index (κ3) is 6.79. The second kappa shape index (κ2) is 11.7. The van der Waals surface area contributed by atoms with Crippen LogP contribution in [0.5, 0.6) is 0 Å². The summed E-state index contributed by atoms with van der Waals surface area (Å²) in [5.41, 5.74) is 3.88. The lowest BCUT2D eigenvalue weighted by atomic mass is 9.82. The highest BCUT2D eigenvalue weighted by atomic mass is 16.6. The lowest BCUT2D eigenvalue weighted by Gasteiger charge is -2.28. The molecule has 10 nitrogen and oxygen atoms in total. The molecule has 0 radical (unpaired) electrons. The van der Waals surface area contributed by atoms with Gasteiger partial charge in [0.1, 0.15) is 23.3 Å². The Bertz CT molecular complexity index is 1410. The van der Waals surface area contributed by atoms with E-state index in [-0.39, 0.29) is 11.8 Å². The summed E-state index contributed by atoms with van der Waals surface area (Å²) in [7, 11) is 0. The summed E-state index contributed by atoms with van der Waals surface area (Å²) in [6.45, 7) is 16.1. The van der Waals surface area contributed by atoms with Gasteiger partial charge in [-0.15, -0.1) is 0 Å². The van der Waals surface area contributed by atoms with Gasteiger partial charge in [0.25, 0.3) is 0 Å². The van der Waals surface area contributed by atoms with Gasteiger partial charge in [-0.1, -0.05) is 26.0 Å².